The summed E-state index contributed by atoms with van der Waals surface area (Å²) >= 11 is 3.39. The molecule has 5 nitrogen and oxygen atoms in total. The van der Waals surface area contributed by atoms with Crippen molar-refractivity contribution in [3.05, 3.63) is 69.1 Å². The molecule has 1 N–H and O–H groups in total. The summed E-state index contributed by atoms with van der Waals surface area (Å²) in [6.07, 6.45) is 2.57. The molecule has 0 atom stereocenters. The van der Waals surface area contributed by atoms with Crippen molar-refractivity contribution in [2.75, 3.05) is 0 Å². The molecule has 20 heavy (non-hydrogen) atoms. The maximum absolute atomic E-state index is 12.0. The number of hydrogen-bond donors (Lipinski definition) is 1. The third kappa shape index (κ3) is 2.34. The van der Waals surface area contributed by atoms with Gasteiger partial charge in [-0.1, -0.05) is 15.9 Å². The highest BCUT2D eigenvalue weighted by Gasteiger charge is 2.12. The van der Waals surface area contributed by atoms with Gasteiger partial charge in [-0.3, -0.25) is 0 Å². The number of H-pyrrole nitrogens is 1. The van der Waals surface area contributed by atoms with Gasteiger partial charge in [0, 0.05) is 29.8 Å². The van der Waals surface area contributed by atoms with Crippen LogP contribution in [-0.4, -0.2) is 19.3 Å². The summed E-state index contributed by atoms with van der Waals surface area (Å²) in [6, 6.07) is 11.6. The molecule has 0 aliphatic heterocycles. The van der Waals surface area contributed by atoms with E-state index in [-0.39, 0.29) is 5.69 Å². The van der Waals surface area contributed by atoms with Gasteiger partial charge in [-0.15, -0.1) is 0 Å². The topological polar surface area (TPSA) is 55.6 Å². The highest BCUT2D eigenvalue weighted by molar-refractivity contribution is 9.10. The molecule has 0 aliphatic carbocycles. The van der Waals surface area contributed by atoms with Crippen LogP contribution in [0.3, 0.4) is 0 Å². The minimum absolute atomic E-state index is 0.225. The van der Waals surface area contributed by atoms with E-state index in [9.17, 15) is 4.79 Å². The molecule has 1 aromatic carbocycles. The Labute approximate surface area is 124 Å². The summed E-state index contributed by atoms with van der Waals surface area (Å²) in [5, 5.41) is 6.65. The van der Waals surface area contributed by atoms with Gasteiger partial charge in [0.2, 0.25) is 0 Å². The van der Waals surface area contributed by atoms with Crippen LogP contribution < -0.4 is 5.69 Å². The van der Waals surface area contributed by atoms with Crippen LogP contribution in [0.25, 0.3) is 5.69 Å². The summed E-state index contributed by atoms with van der Waals surface area (Å²) < 4.78 is 4.59. The molecule has 3 rings (SSSR count). The van der Waals surface area contributed by atoms with Gasteiger partial charge < -0.3 is 4.57 Å². The Morgan fingerprint density at radius 1 is 1.25 bits per heavy atom. The van der Waals surface area contributed by atoms with Crippen molar-refractivity contribution in [3.8, 4) is 5.69 Å². The van der Waals surface area contributed by atoms with Gasteiger partial charge in [-0.25, -0.2) is 14.5 Å². The van der Waals surface area contributed by atoms with Gasteiger partial charge in [-0.2, -0.15) is 5.10 Å². The lowest BCUT2D eigenvalue weighted by Gasteiger charge is -2.06. The smallest absolute Gasteiger partial charge is 0.347 e. The summed E-state index contributed by atoms with van der Waals surface area (Å²) in [5.74, 6) is 0.694. The Balaban J connectivity index is 2.04. The molecule has 0 saturated carbocycles. The van der Waals surface area contributed by atoms with Crippen molar-refractivity contribution < 1.29 is 0 Å². The van der Waals surface area contributed by atoms with Crippen molar-refractivity contribution in [3.63, 3.8) is 0 Å². The molecule has 0 fully saturated rings. The van der Waals surface area contributed by atoms with E-state index < -0.39 is 0 Å². The molecule has 0 aliphatic rings. The van der Waals surface area contributed by atoms with Crippen LogP contribution in [0.15, 0.2) is 51.9 Å². The maximum atomic E-state index is 12.0. The first-order valence-electron chi connectivity index (χ1n) is 6.17. The highest BCUT2D eigenvalue weighted by atomic mass is 79.9. The van der Waals surface area contributed by atoms with E-state index in [2.05, 4.69) is 26.1 Å². The van der Waals surface area contributed by atoms with Crippen molar-refractivity contribution in [1.82, 2.24) is 19.3 Å². The predicted octanol–water partition coefficient (Wildman–Crippen LogP) is 2.25. The third-order valence-electron chi connectivity index (χ3n) is 3.22. The lowest BCUT2D eigenvalue weighted by atomic mass is 10.2. The maximum Gasteiger partial charge on any atom is 0.347 e. The van der Waals surface area contributed by atoms with Gasteiger partial charge in [0.25, 0.3) is 0 Å². The second kappa shape index (κ2) is 5.13. The van der Waals surface area contributed by atoms with Crippen LogP contribution in [-0.2, 0) is 13.5 Å². The molecular formula is C14H13BrN4O. The van der Waals surface area contributed by atoms with Crippen LogP contribution in [0, 0.1) is 0 Å². The van der Waals surface area contributed by atoms with Gasteiger partial charge in [0.15, 0.2) is 0 Å². The lowest BCUT2D eigenvalue weighted by Crippen LogP contribution is -2.17. The van der Waals surface area contributed by atoms with E-state index in [4.69, 9.17) is 0 Å². The minimum Gasteiger partial charge on any atom is -0.354 e. The quantitative estimate of drug-likeness (QED) is 0.799. The lowest BCUT2D eigenvalue weighted by molar-refractivity contribution is 0.803. The number of nitrogens with zero attached hydrogens (tertiary/aromatic N) is 3. The molecule has 0 saturated heterocycles. The second-order valence-electron chi connectivity index (χ2n) is 4.54. The van der Waals surface area contributed by atoms with Crippen LogP contribution in [0.5, 0.6) is 0 Å². The van der Waals surface area contributed by atoms with Crippen molar-refractivity contribution in [2.24, 2.45) is 7.05 Å². The van der Waals surface area contributed by atoms with Gasteiger partial charge in [-0.05, 0) is 36.4 Å². The number of hydrogen-bond acceptors (Lipinski definition) is 2. The minimum atomic E-state index is -0.225. The van der Waals surface area contributed by atoms with E-state index in [0.29, 0.717) is 12.2 Å². The number of aryl methyl sites for hydroxylation is 1. The van der Waals surface area contributed by atoms with E-state index in [1.165, 1.54) is 0 Å². The molecule has 0 bridgehead atoms. The fraction of sp³-hybridized carbons (Fsp3) is 0.143. The van der Waals surface area contributed by atoms with E-state index >= 15 is 0 Å². The van der Waals surface area contributed by atoms with E-state index in [0.717, 1.165) is 15.9 Å². The molecular weight excluding hydrogens is 320 g/mol. The normalized spacial score (nSPS) is 10.9. The molecule has 2 heterocycles. The van der Waals surface area contributed by atoms with Gasteiger partial charge >= 0.3 is 5.69 Å². The average molecular weight is 333 g/mol. The zero-order valence-corrected chi connectivity index (χ0v) is 12.5. The molecule has 0 spiro atoms. The monoisotopic (exact) mass is 332 g/mol. The van der Waals surface area contributed by atoms with Crippen molar-refractivity contribution in [2.45, 2.75) is 6.42 Å². The Morgan fingerprint density at radius 2 is 2.00 bits per heavy atom. The third-order valence-corrected chi connectivity index (χ3v) is 3.75. The zero-order valence-electron chi connectivity index (χ0n) is 10.9. The first-order valence-corrected chi connectivity index (χ1v) is 6.97. The number of aromatic amines is 1. The summed E-state index contributed by atoms with van der Waals surface area (Å²) in [6.45, 7) is 0. The Hall–Kier alpha value is -2.08. The molecule has 2 aromatic heterocycles. The largest absolute Gasteiger partial charge is 0.354 e. The SMILES string of the molecule is Cn1cccc1Cc1n[nH]c(=O)n1-c1ccc(Br)cc1. The van der Waals surface area contributed by atoms with E-state index in [1.807, 2.05) is 54.2 Å². The summed E-state index contributed by atoms with van der Waals surface area (Å²) in [7, 11) is 1.98. The van der Waals surface area contributed by atoms with Crippen molar-refractivity contribution in [1.29, 1.82) is 0 Å². The van der Waals surface area contributed by atoms with Crippen molar-refractivity contribution >= 4 is 15.9 Å². The molecule has 0 amide bonds. The number of rotatable bonds is 3. The first kappa shape index (κ1) is 12.9. The number of halogens is 1. The molecule has 6 heteroatoms. The predicted molar refractivity (Wildman–Crippen MR) is 80.1 cm³/mol. The number of aromatic nitrogens is 4. The zero-order chi connectivity index (χ0) is 14.1. The number of nitrogens with one attached hydrogen (secondary N) is 1. The Kier molecular flexibility index (Phi) is 3.31. The standard InChI is InChI=1S/C14H13BrN4O/c1-18-8-2-3-12(18)9-13-16-17-14(20)19(13)11-6-4-10(15)5-7-11/h2-8H,9H2,1H3,(H,17,20). The molecule has 0 radical (unpaired) electrons. The highest BCUT2D eigenvalue weighted by Crippen LogP contribution is 2.15. The average Bonchev–Trinajstić information content (AvgIpc) is 2.99. The summed E-state index contributed by atoms with van der Waals surface area (Å²) in [4.78, 5) is 12.0. The Bertz CT molecular complexity index is 782. The van der Waals surface area contributed by atoms with Gasteiger partial charge in [0.05, 0.1) is 5.69 Å². The Morgan fingerprint density at radius 3 is 2.65 bits per heavy atom. The fourth-order valence-corrected chi connectivity index (χ4v) is 2.41. The second-order valence-corrected chi connectivity index (χ2v) is 5.46. The fourth-order valence-electron chi connectivity index (χ4n) is 2.15. The molecule has 102 valence electrons. The van der Waals surface area contributed by atoms with Crippen LogP contribution in [0.2, 0.25) is 0 Å². The van der Waals surface area contributed by atoms with E-state index in [1.54, 1.807) is 4.57 Å². The van der Waals surface area contributed by atoms with Crippen LogP contribution in [0.4, 0.5) is 0 Å². The first-order chi connectivity index (χ1) is 9.65. The molecule has 3 aromatic rings. The van der Waals surface area contributed by atoms with Gasteiger partial charge in [0.1, 0.15) is 5.82 Å². The van der Waals surface area contributed by atoms with Crippen LogP contribution in [0.1, 0.15) is 11.5 Å². The summed E-state index contributed by atoms with van der Waals surface area (Å²) in [5.41, 5.74) is 1.68. The van der Waals surface area contributed by atoms with Crippen LogP contribution >= 0.6 is 15.9 Å². The molecule has 0 unspecified atom stereocenters. The number of benzene rings is 1.